The van der Waals surface area contributed by atoms with Crippen molar-refractivity contribution in [1.29, 1.82) is 0 Å². The van der Waals surface area contributed by atoms with Crippen molar-refractivity contribution >= 4 is 66.1 Å². The molecule has 3 fully saturated rings. The van der Waals surface area contributed by atoms with Crippen LogP contribution in [0.25, 0.3) is 11.3 Å². The molecule has 13 nitrogen and oxygen atoms in total. The van der Waals surface area contributed by atoms with Crippen LogP contribution < -0.4 is 15.1 Å². The molecule has 4 aliphatic rings. The maximum Gasteiger partial charge on any atom is 0.262 e. The summed E-state index contributed by atoms with van der Waals surface area (Å²) in [6.07, 6.45) is 5.76. The zero-order valence-corrected chi connectivity index (χ0v) is 35.1. The molecule has 0 saturated carbocycles. The molecule has 2 amide bonds. The number of nitrogens with one attached hydrogen (secondary N) is 1. The molecule has 1 unspecified atom stereocenters. The van der Waals surface area contributed by atoms with Crippen LogP contribution in [0.5, 0.6) is 0 Å². The number of hydrogen-bond acceptors (Lipinski definition) is 13. The fourth-order valence-electron chi connectivity index (χ4n) is 8.82. The van der Waals surface area contributed by atoms with Gasteiger partial charge in [0.15, 0.2) is 11.6 Å². The second-order valence-electron chi connectivity index (χ2n) is 16.3. The highest BCUT2D eigenvalue weighted by molar-refractivity contribution is 7.97. The fraction of sp³-hybridized carbons (Fsp3) is 0.512. The number of aliphatic imine (C=N–C) groups is 1. The Balaban J connectivity index is 0.852. The van der Waals surface area contributed by atoms with Gasteiger partial charge in [0.05, 0.1) is 34.7 Å². The maximum absolute atomic E-state index is 15.4. The number of amides is 2. The fourth-order valence-corrected chi connectivity index (χ4v) is 10.2. The molecule has 0 bridgehead atoms. The molecular formula is C43H52F3N9O4S. The molecule has 0 spiro atoms. The van der Waals surface area contributed by atoms with Gasteiger partial charge < -0.3 is 29.6 Å². The van der Waals surface area contributed by atoms with E-state index < -0.39 is 35.3 Å². The quantitative estimate of drug-likeness (QED) is 0.0698. The molecule has 4 aliphatic heterocycles. The van der Waals surface area contributed by atoms with Crippen LogP contribution in [-0.4, -0.2) is 131 Å². The van der Waals surface area contributed by atoms with Crippen molar-refractivity contribution in [3.63, 3.8) is 0 Å². The molecular weight excluding hydrogens is 796 g/mol. The number of aromatic nitrogens is 2. The average molecular weight is 848 g/mol. The van der Waals surface area contributed by atoms with Gasteiger partial charge in [0, 0.05) is 81.7 Å². The number of halogens is 3. The lowest BCUT2D eigenvalue weighted by Crippen LogP contribution is -2.53. The lowest BCUT2D eigenvalue weighted by atomic mass is 9.94. The van der Waals surface area contributed by atoms with Crippen molar-refractivity contribution < 1.29 is 32.3 Å². The van der Waals surface area contributed by atoms with Gasteiger partial charge in [0.25, 0.3) is 11.8 Å². The summed E-state index contributed by atoms with van der Waals surface area (Å²) >= 11 is 1.90. The molecule has 3 aromatic rings. The van der Waals surface area contributed by atoms with Crippen LogP contribution in [0.2, 0.25) is 0 Å². The Hall–Kier alpha value is -4.87. The number of carbonyl (C=O) groups excluding carboxylic acids is 4. The van der Waals surface area contributed by atoms with Gasteiger partial charge in [0.2, 0.25) is 5.95 Å². The number of nitrogens with zero attached hydrogens (tertiary/aromatic N) is 8. The van der Waals surface area contributed by atoms with Gasteiger partial charge in [-0.2, -0.15) is 0 Å². The van der Waals surface area contributed by atoms with Gasteiger partial charge in [-0.05, 0) is 89.8 Å². The van der Waals surface area contributed by atoms with Gasteiger partial charge in [-0.25, -0.2) is 23.1 Å². The molecule has 2 aromatic carbocycles. The topological polar surface area (TPSA) is 135 Å². The number of rotatable bonds is 17. The lowest BCUT2D eigenvalue weighted by molar-refractivity contribution is -0.112. The number of carbonyl (C=O) groups is 4. The van der Waals surface area contributed by atoms with Crippen LogP contribution in [0, 0.1) is 23.4 Å². The molecule has 7 rings (SSSR count). The summed E-state index contributed by atoms with van der Waals surface area (Å²) in [5.74, 6) is -2.40. The minimum absolute atomic E-state index is 0.0208. The molecule has 320 valence electrons. The number of benzene rings is 2. The summed E-state index contributed by atoms with van der Waals surface area (Å²) in [4.78, 5) is 68.4. The van der Waals surface area contributed by atoms with Gasteiger partial charge in [0.1, 0.15) is 29.8 Å². The van der Waals surface area contributed by atoms with Gasteiger partial charge >= 0.3 is 0 Å². The molecule has 0 radical (unpaired) electrons. The number of piperidine rings is 2. The third-order valence-electron chi connectivity index (χ3n) is 12.0. The Morgan fingerprint density at radius 3 is 2.30 bits per heavy atom. The van der Waals surface area contributed by atoms with Crippen molar-refractivity contribution in [3.05, 3.63) is 59.0 Å². The number of likely N-dealkylation sites (tertiary alicyclic amines) is 1. The van der Waals surface area contributed by atoms with Crippen molar-refractivity contribution in [3.8, 4) is 11.3 Å². The van der Waals surface area contributed by atoms with Crippen LogP contribution >= 0.6 is 11.9 Å². The van der Waals surface area contributed by atoms with E-state index in [0.29, 0.717) is 60.6 Å². The van der Waals surface area contributed by atoms with Crippen LogP contribution in [0.15, 0.2) is 35.5 Å². The van der Waals surface area contributed by atoms with E-state index in [9.17, 15) is 19.2 Å². The third kappa shape index (κ3) is 9.08. The normalized spacial score (nSPS) is 18.8. The number of anilines is 3. The van der Waals surface area contributed by atoms with E-state index >= 15 is 13.2 Å². The zero-order valence-electron chi connectivity index (χ0n) is 34.3. The van der Waals surface area contributed by atoms with Crippen molar-refractivity contribution in [1.82, 2.24) is 24.1 Å². The molecule has 1 N–H and O–H groups in total. The first-order chi connectivity index (χ1) is 28.9. The molecule has 1 atom stereocenters. The van der Waals surface area contributed by atoms with Crippen molar-refractivity contribution in [2.24, 2.45) is 10.9 Å². The Labute approximate surface area is 352 Å². The predicted octanol–water partition coefficient (Wildman–Crippen LogP) is 6.40. The Bertz CT molecular complexity index is 2110. The molecule has 17 heteroatoms. The van der Waals surface area contributed by atoms with Crippen LogP contribution in [0.4, 0.5) is 36.2 Å². The Morgan fingerprint density at radius 2 is 1.67 bits per heavy atom. The SMILES string of the molecule is C=Nc1c(F)cc(-c2nc(NC3CCN(SC4CN(CC5CCN(c6cc7c(cc6F)C(=O)N(C(C=O)CCC=O)C7=O)CC5)C4)CC3)ncc2F)cc1N(CC)C(C)C. The van der Waals surface area contributed by atoms with Crippen molar-refractivity contribution in [2.45, 2.75) is 82.7 Å². The standard InChI is InChI=1S/C43H52F3N9O4S/c1-5-54(26(2)3)38-18-28(17-35(45)40(38)47-4)39-36(46)21-48-43(50-39)49-29-10-14-53(15-11-29)60-31-23-51(24-31)22-27-8-12-52(13-9-27)37-20-33-32(19-34(37)44)41(58)55(42(33)59)30(25-57)7-6-16-56/h16-21,25-27,29-31H,4-15,22-24H2,1-3H3,(H,48,49,50). The number of aldehydes is 2. The summed E-state index contributed by atoms with van der Waals surface area (Å²) in [5.41, 5.74) is 1.29. The smallest absolute Gasteiger partial charge is 0.262 e. The summed E-state index contributed by atoms with van der Waals surface area (Å²) in [6.45, 7) is 16.1. The number of fused-ring (bicyclic) bond motifs is 1. The summed E-state index contributed by atoms with van der Waals surface area (Å²) < 4.78 is 48.1. The van der Waals surface area contributed by atoms with E-state index in [1.165, 1.54) is 12.1 Å². The van der Waals surface area contributed by atoms with Gasteiger partial charge in [-0.1, -0.05) is 11.9 Å². The highest BCUT2D eigenvalue weighted by Gasteiger charge is 2.41. The lowest BCUT2D eigenvalue weighted by Gasteiger charge is -2.44. The zero-order chi connectivity index (χ0) is 42.7. The van der Waals surface area contributed by atoms with E-state index in [1.807, 2.05) is 42.5 Å². The first-order valence-corrected chi connectivity index (χ1v) is 21.6. The molecule has 0 aliphatic carbocycles. The second kappa shape index (κ2) is 18.8. The summed E-state index contributed by atoms with van der Waals surface area (Å²) in [7, 11) is 0. The summed E-state index contributed by atoms with van der Waals surface area (Å²) in [6, 6.07) is 4.59. The molecule has 60 heavy (non-hydrogen) atoms. The van der Waals surface area contributed by atoms with E-state index in [-0.39, 0.29) is 53.1 Å². The van der Waals surface area contributed by atoms with E-state index in [4.69, 9.17) is 0 Å². The van der Waals surface area contributed by atoms with E-state index in [1.54, 1.807) is 6.07 Å². The highest BCUT2D eigenvalue weighted by atomic mass is 32.2. The number of imide groups is 1. The summed E-state index contributed by atoms with van der Waals surface area (Å²) in [5, 5.41) is 3.88. The third-order valence-corrected chi connectivity index (χ3v) is 13.3. The molecule has 5 heterocycles. The van der Waals surface area contributed by atoms with E-state index in [0.717, 1.165) is 75.6 Å². The number of hydrogen-bond donors (Lipinski definition) is 1. The first-order valence-electron chi connectivity index (χ1n) is 20.8. The predicted molar refractivity (Wildman–Crippen MR) is 228 cm³/mol. The van der Waals surface area contributed by atoms with Crippen molar-refractivity contribution in [2.75, 3.05) is 67.5 Å². The maximum atomic E-state index is 15.4. The van der Waals surface area contributed by atoms with Gasteiger partial charge in [-0.3, -0.25) is 23.8 Å². The highest BCUT2D eigenvalue weighted by Crippen LogP contribution is 2.38. The minimum Gasteiger partial charge on any atom is -0.369 e. The second-order valence-corrected chi connectivity index (χ2v) is 17.6. The molecule has 1 aromatic heterocycles. The average Bonchev–Trinajstić information content (AvgIpc) is 3.46. The largest absolute Gasteiger partial charge is 0.369 e. The minimum atomic E-state index is -1.07. The Morgan fingerprint density at radius 1 is 0.967 bits per heavy atom. The first kappa shape index (κ1) is 43.2. The van der Waals surface area contributed by atoms with Crippen LogP contribution in [0.1, 0.15) is 80.0 Å². The van der Waals surface area contributed by atoms with Gasteiger partial charge in [-0.15, -0.1) is 0 Å². The van der Waals surface area contributed by atoms with Crippen LogP contribution in [-0.2, 0) is 9.59 Å². The van der Waals surface area contributed by atoms with E-state index in [2.05, 4.69) is 36.2 Å². The molecule has 3 saturated heterocycles. The monoisotopic (exact) mass is 847 g/mol. The van der Waals surface area contributed by atoms with Crippen LogP contribution in [0.3, 0.4) is 0 Å². The Kier molecular flexibility index (Phi) is 13.6.